The SMILES string of the molecule is CC(Oc1ccccc1F)C(=O)NCc1nc(N(C)C)nc(N2CCCCC2)n1. The summed E-state index contributed by atoms with van der Waals surface area (Å²) in [5.74, 6) is 0.795. The molecule has 9 heteroatoms. The van der Waals surface area contributed by atoms with Gasteiger partial charge in [0.1, 0.15) is 0 Å². The summed E-state index contributed by atoms with van der Waals surface area (Å²) in [6, 6.07) is 5.99. The van der Waals surface area contributed by atoms with Crippen molar-refractivity contribution in [2.45, 2.75) is 38.8 Å². The van der Waals surface area contributed by atoms with Gasteiger partial charge in [-0.15, -0.1) is 0 Å². The van der Waals surface area contributed by atoms with Crippen molar-refractivity contribution in [2.24, 2.45) is 0 Å². The van der Waals surface area contributed by atoms with Crippen LogP contribution in [-0.4, -0.2) is 54.1 Å². The van der Waals surface area contributed by atoms with E-state index in [2.05, 4.69) is 25.2 Å². The van der Waals surface area contributed by atoms with Crippen LogP contribution in [0.3, 0.4) is 0 Å². The molecule has 2 aromatic rings. The minimum absolute atomic E-state index is 0.0394. The van der Waals surface area contributed by atoms with Crippen LogP contribution in [0.4, 0.5) is 16.3 Å². The Bertz CT molecular complexity index is 841. The van der Waals surface area contributed by atoms with Gasteiger partial charge in [0.15, 0.2) is 23.5 Å². The van der Waals surface area contributed by atoms with Crippen molar-refractivity contribution in [1.29, 1.82) is 0 Å². The second-order valence-electron chi connectivity index (χ2n) is 7.20. The predicted molar refractivity (Wildman–Crippen MR) is 109 cm³/mol. The molecule has 1 aliphatic rings. The summed E-state index contributed by atoms with van der Waals surface area (Å²) in [6.45, 7) is 3.53. The normalized spacial score (nSPS) is 15.0. The molecule has 156 valence electrons. The largest absolute Gasteiger partial charge is 0.478 e. The van der Waals surface area contributed by atoms with E-state index in [1.54, 1.807) is 19.1 Å². The Morgan fingerprint density at radius 1 is 1.21 bits per heavy atom. The summed E-state index contributed by atoms with van der Waals surface area (Å²) >= 11 is 0. The van der Waals surface area contributed by atoms with Gasteiger partial charge in [-0.3, -0.25) is 4.79 Å². The smallest absolute Gasteiger partial charge is 0.261 e. The fourth-order valence-electron chi connectivity index (χ4n) is 3.00. The van der Waals surface area contributed by atoms with Crippen molar-refractivity contribution in [3.05, 3.63) is 35.9 Å². The average Bonchev–Trinajstić information content (AvgIpc) is 2.74. The number of hydrogen-bond donors (Lipinski definition) is 1. The number of halogens is 1. The van der Waals surface area contributed by atoms with Gasteiger partial charge < -0.3 is 19.9 Å². The zero-order valence-corrected chi connectivity index (χ0v) is 17.1. The van der Waals surface area contributed by atoms with Gasteiger partial charge in [0.25, 0.3) is 5.91 Å². The Kier molecular flexibility index (Phi) is 6.79. The Morgan fingerprint density at radius 3 is 2.62 bits per heavy atom. The molecule has 8 nitrogen and oxygen atoms in total. The molecule has 0 bridgehead atoms. The number of rotatable bonds is 7. The van der Waals surface area contributed by atoms with Crippen LogP contribution in [0.25, 0.3) is 0 Å². The highest BCUT2D eigenvalue weighted by atomic mass is 19.1. The van der Waals surface area contributed by atoms with Crippen molar-refractivity contribution in [3.8, 4) is 5.75 Å². The fraction of sp³-hybridized carbons (Fsp3) is 0.500. The molecule has 0 saturated carbocycles. The first-order chi connectivity index (χ1) is 13.9. The van der Waals surface area contributed by atoms with Gasteiger partial charge in [0, 0.05) is 27.2 Å². The highest BCUT2D eigenvalue weighted by Crippen LogP contribution is 2.19. The number of nitrogens with one attached hydrogen (secondary N) is 1. The van der Waals surface area contributed by atoms with Gasteiger partial charge >= 0.3 is 0 Å². The van der Waals surface area contributed by atoms with Crippen molar-refractivity contribution < 1.29 is 13.9 Å². The molecule has 1 saturated heterocycles. The van der Waals surface area contributed by atoms with Gasteiger partial charge in [0.05, 0.1) is 6.54 Å². The van der Waals surface area contributed by atoms with Gasteiger partial charge in [-0.1, -0.05) is 12.1 Å². The summed E-state index contributed by atoms with van der Waals surface area (Å²) in [5.41, 5.74) is 0. The molecule has 1 aromatic heterocycles. The second-order valence-corrected chi connectivity index (χ2v) is 7.20. The van der Waals surface area contributed by atoms with E-state index in [-0.39, 0.29) is 18.2 Å². The molecule has 29 heavy (non-hydrogen) atoms. The number of nitrogens with zero attached hydrogens (tertiary/aromatic N) is 5. The van der Waals surface area contributed by atoms with Crippen LogP contribution < -0.4 is 19.9 Å². The number of benzene rings is 1. The number of carbonyl (C=O) groups is 1. The maximum Gasteiger partial charge on any atom is 0.261 e. The van der Waals surface area contributed by atoms with Crippen molar-refractivity contribution >= 4 is 17.8 Å². The molecule has 1 fully saturated rings. The number of para-hydroxylation sites is 1. The van der Waals surface area contributed by atoms with E-state index < -0.39 is 11.9 Å². The number of carbonyl (C=O) groups excluding carboxylic acids is 1. The summed E-state index contributed by atoms with van der Waals surface area (Å²) in [4.78, 5) is 29.8. The second kappa shape index (κ2) is 9.49. The van der Waals surface area contributed by atoms with Crippen LogP contribution in [0.15, 0.2) is 24.3 Å². The number of amides is 1. The van der Waals surface area contributed by atoms with Gasteiger partial charge in [0.2, 0.25) is 11.9 Å². The Morgan fingerprint density at radius 2 is 1.93 bits per heavy atom. The summed E-state index contributed by atoms with van der Waals surface area (Å²) in [6.07, 6.45) is 2.58. The molecular formula is C20H27FN6O2. The first-order valence-corrected chi connectivity index (χ1v) is 9.80. The van der Waals surface area contributed by atoms with Crippen molar-refractivity contribution in [3.63, 3.8) is 0 Å². The minimum atomic E-state index is -0.858. The van der Waals surface area contributed by atoms with Crippen LogP contribution in [-0.2, 0) is 11.3 Å². The first kappa shape index (κ1) is 20.8. The lowest BCUT2D eigenvalue weighted by Gasteiger charge is -2.27. The molecule has 1 aliphatic heterocycles. The van der Waals surface area contributed by atoms with Gasteiger partial charge in [-0.25, -0.2) is 4.39 Å². The van der Waals surface area contributed by atoms with Crippen molar-refractivity contribution in [2.75, 3.05) is 37.0 Å². The third kappa shape index (κ3) is 5.52. The Hall–Kier alpha value is -2.97. The van der Waals surface area contributed by atoms with Gasteiger partial charge in [-0.05, 0) is 38.3 Å². The number of piperidine rings is 1. The van der Waals surface area contributed by atoms with Crippen LogP contribution in [0, 0.1) is 5.82 Å². The quantitative estimate of drug-likeness (QED) is 0.760. The third-order valence-corrected chi connectivity index (χ3v) is 4.63. The molecule has 2 heterocycles. The lowest BCUT2D eigenvalue weighted by atomic mass is 10.1. The van der Waals surface area contributed by atoms with E-state index in [9.17, 15) is 9.18 Å². The van der Waals surface area contributed by atoms with Crippen LogP contribution >= 0.6 is 0 Å². The van der Waals surface area contributed by atoms with E-state index in [1.807, 2.05) is 19.0 Å². The van der Waals surface area contributed by atoms with Crippen LogP contribution in [0.5, 0.6) is 5.75 Å². The number of hydrogen-bond acceptors (Lipinski definition) is 7. The van der Waals surface area contributed by atoms with E-state index in [0.29, 0.717) is 17.7 Å². The maximum atomic E-state index is 13.7. The molecule has 0 spiro atoms. The number of aromatic nitrogens is 3. The topological polar surface area (TPSA) is 83.5 Å². The van der Waals surface area contributed by atoms with E-state index >= 15 is 0 Å². The fourth-order valence-corrected chi connectivity index (χ4v) is 3.00. The lowest BCUT2D eigenvalue weighted by molar-refractivity contribution is -0.127. The van der Waals surface area contributed by atoms with E-state index in [1.165, 1.54) is 18.6 Å². The van der Waals surface area contributed by atoms with E-state index in [4.69, 9.17) is 4.74 Å². The zero-order valence-electron chi connectivity index (χ0n) is 17.1. The molecule has 1 atom stereocenters. The van der Waals surface area contributed by atoms with Crippen LogP contribution in [0.2, 0.25) is 0 Å². The maximum absolute atomic E-state index is 13.7. The molecule has 1 unspecified atom stereocenters. The first-order valence-electron chi connectivity index (χ1n) is 9.80. The number of ether oxygens (including phenoxy) is 1. The highest BCUT2D eigenvalue weighted by molar-refractivity contribution is 5.80. The third-order valence-electron chi connectivity index (χ3n) is 4.63. The highest BCUT2D eigenvalue weighted by Gasteiger charge is 2.19. The molecule has 0 aliphatic carbocycles. The molecular weight excluding hydrogens is 375 g/mol. The molecule has 3 rings (SSSR count). The zero-order chi connectivity index (χ0) is 20.8. The predicted octanol–water partition coefficient (Wildman–Crippen LogP) is 2.15. The molecule has 1 N–H and O–H groups in total. The molecule has 1 aromatic carbocycles. The number of anilines is 2. The molecule has 0 radical (unpaired) electrons. The Balaban J connectivity index is 1.66. The molecule has 1 amide bonds. The standard InChI is InChI=1S/C20H27FN6O2/c1-14(29-16-10-6-5-9-15(16)21)18(28)22-13-17-23-19(26(2)3)25-20(24-17)27-11-7-4-8-12-27/h5-6,9-10,14H,4,7-8,11-13H2,1-3H3,(H,22,28). The average molecular weight is 402 g/mol. The van der Waals surface area contributed by atoms with Crippen LogP contribution in [0.1, 0.15) is 32.0 Å². The Labute approximate surface area is 170 Å². The van der Waals surface area contributed by atoms with Gasteiger partial charge in [-0.2, -0.15) is 15.0 Å². The summed E-state index contributed by atoms with van der Waals surface area (Å²) in [7, 11) is 3.73. The van der Waals surface area contributed by atoms with E-state index in [0.717, 1.165) is 25.9 Å². The van der Waals surface area contributed by atoms with Crippen molar-refractivity contribution in [1.82, 2.24) is 20.3 Å². The summed E-state index contributed by atoms with van der Waals surface area (Å²) < 4.78 is 19.1. The monoisotopic (exact) mass is 402 g/mol. The lowest BCUT2D eigenvalue weighted by Crippen LogP contribution is -2.37. The minimum Gasteiger partial charge on any atom is -0.478 e. The summed E-state index contributed by atoms with van der Waals surface area (Å²) in [5, 5.41) is 2.76.